The number of carbonyl (C=O) groups excluding carboxylic acids is 1. The first-order valence-corrected chi connectivity index (χ1v) is 9.26. The van der Waals surface area contributed by atoms with Gasteiger partial charge in [0.15, 0.2) is 0 Å². The summed E-state index contributed by atoms with van der Waals surface area (Å²) in [7, 11) is -2.12. The summed E-state index contributed by atoms with van der Waals surface area (Å²) in [6.45, 7) is 2.00. The minimum Gasteiger partial charge on any atom is -0.325 e. The first-order chi connectivity index (χ1) is 11.3. The maximum atomic E-state index is 12.8. The van der Waals surface area contributed by atoms with E-state index in [4.69, 9.17) is 11.6 Å². The van der Waals surface area contributed by atoms with E-state index in [0.29, 0.717) is 16.3 Å². The number of nitrogens with zero attached hydrogens (tertiary/aromatic N) is 1. The standard InChI is InChI=1S/C17H17ClN2O3S/c1-11-15-9-14(7-8-16(15)19-17(11)21)24(22,23)20(2)10-12-3-5-13(18)6-4-12/h3-9,11H,10H2,1-2H3,(H,19,21)/t11-/m0/s1. The Bertz CT molecular complexity index is 895. The summed E-state index contributed by atoms with van der Waals surface area (Å²) < 4.78 is 26.9. The number of halogens is 1. The van der Waals surface area contributed by atoms with Gasteiger partial charge in [0.05, 0.1) is 10.8 Å². The lowest BCUT2D eigenvalue weighted by atomic mass is 10.0. The van der Waals surface area contributed by atoms with Gasteiger partial charge in [-0.2, -0.15) is 4.31 Å². The molecule has 0 radical (unpaired) electrons. The number of nitrogens with one attached hydrogen (secondary N) is 1. The molecule has 1 aliphatic rings. The number of sulfonamides is 1. The van der Waals surface area contributed by atoms with Crippen molar-refractivity contribution < 1.29 is 13.2 Å². The van der Waals surface area contributed by atoms with E-state index < -0.39 is 10.0 Å². The third-order valence-electron chi connectivity index (χ3n) is 4.17. The molecule has 126 valence electrons. The van der Waals surface area contributed by atoms with Gasteiger partial charge in [-0.25, -0.2) is 8.42 Å². The van der Waals surface area contributed by atoms with Crippen molar-refractivity contribution in [2.75, 3.05) is 12.4 Å². The average molecular weight is 365 g/mol. The zero-order valence-corrected chi connectivity index (χ0v) is 14.9. The van der Waals surface area contributed by atoms with E-state index in [2.05, 4.69) is 5.32 Å². The Labute approximate surface area is 146 Å². The van der Waals surface area contributed by atoms with Crippen molar-refractivity contribution in [1.29, 1.82) is 0 Å². The molecule has 1 atom stereocenters. The van der Waals surface area contributed by atoms with Crippen LogP contribution in [0.3, 0.4) is 0 Å². The second kappa shape index (κ2) is 6.20. The number of fused-ring (bicyclic) bond motifs is 1. The lowest BCUT2D eigenvalue weighted by Crippen LogP contribution is -2.26. The van der Waals surface area contributed by atoms with Crippen molar-refractivity contribution in [3.63, 3.8) is 0 Å². The van der Waals surface area contributed by atoms with E-state index in [1.807, 2.05) is 0 Å². The number of amides is 1. The van der Waals surface area contributed by atoms with Gasteiger partial charge in [0.2, 0.25) is 15.9 Å². The Morgan fingerprint density at radius 2 is 1.83 bits per heavy atom. The Kier molecular flexibility index (Phi) is 4.38. The zero-order valence-electron chi connectivity index (χ0n) is 13.3. The molecule has 0 saturated carbocycles. The molecular weight excluding hydrogens is 348 g/mol. The summed E-state index contributed by atoms with van der Waals surface area (Å²) in [5.41, 5.74) is 2.23. The Hall–Kier alpha value is -1.89. The first kappa shape index (κ1) is 17.0. The predicted octanol–water partition coefficient (Wildman–Crippen LogP) is 3.22. The maximum Gasteiger partial charge on any atom is 0.243 e. The summed E-state index contributed by atoms with van der Waals surface area (Å²) in [4.78, 5) is 11.9. The number of hydrogen-bond donors (Lipinski definition) is 1. The molecule has 0 unspecified atom stereocenters. The first-order valence-electron chi connectivity index (χ1n) is 7.44. The molecule has 7 heteroatoms. The fourth-order valence-corrected chi connectivity index (χ4v) is 3.99. The van der Waals surface area contributed by atoms with E-state index in [1.165, 1.54) is 17.4 Å². The zero-order chi connectivity index (χ0) is 17.5. The van der Waals surface area contributed by atoms with Crippen molar-refractivity contribution >= 4 is 33.2 Å². The fourth-order valence-electron chi connectivity index (χ4n) is 2.67. The number of hydrogen-bond acceptors (Lipinski definition) is 3. The van der Waals surface area contributed by atoms with Gasteiger partial charge in [-0.05, 0) is 48.4 Å². The summed E-state index contributed by atoms with van der Waals surface area (Å²) in [5, 5.41) is 3.35. The van der Waals surface area contributed by atoms with Gasteiger partial charge in [-0.3, -0.25) is 4.79 Å². The molecule has 0 saturated heterocycles. The Balaban J connectivity index is 1.88. The van der Waals surface area contributed by atoms with Crippen LogP contribution < -0.4 is 5.32 Å². The highest BCUT2D eigenvalue weighted by Gasteiger charge is 2.29. The van der Waals surface area contributed by atoms with E-state index >= 15 is 0 Å². The summed E-state index contributed by atoms with van der Waals surface area (Å²) in [6, 6.07) is 11.8. The van der Waals surface area contributed by atoms with Crippen LogP contribution in [-0.4, -0.2) is 25.7 Å². The van der Waals surface area contributed by atoms with Gasteiger partial charge < -0.3 is 5.32 Å². The molecule has 0 fully saturated rings. The van der Waals surface area contributed by atoms with Crippen molar-refractivity contribution in [1.82, 2.24) is 4.31 Å². The molecule has 0 bridgehead atoms. The van der Waals surface area contributed by atoms with Crippen LogP contribution in [-0.2, 0) is 21.4 Å². The molecule has 2 aromatic rings. The van der Waals surface area contributed by atoms with Crippen LogP contribution in [0.25, 0.3) is 0 Å². The molecule has 3 rings (SSSR count). The average Bonchev–Trinajstić information content (AvgIpc) is 2.84. The van der Waals surface area contributed by atoms with E-state index in [9.17, 15) is 13.2 Å². The van der Waals surface area contributed by atoms with Gasteiger partial charge in [-0.1, -0.05) is 23.7 Å². The molecule has 0 aliphatic carbocycles. The third-order valence-corrected chi connectivity index (χ3v) is 6.22. The smallest absolute Gasteiger partial charge is 0.243 e. The predicted molar refractivity (Wildman–Crippen MR) is 93.6 cm³/mol. The van der Waals surface area contributed by atoms with Gasteiger partial charge in [-0.15, -0.1) is 0 Å². The minimum atomic E-state index is -3.65. The number of carbonyl (C=O) groups is 1. The molecule has 0 aromatic heterocycles. The van der Waals surface area contributed by atoms with Crippen LogP contribution in [0.4, 0.5) is 5.69 Å². The highest BCUT2D eigenvalue weighted by molar-refractivity contribution is 7.89. The molecule has 1 aliphatic heterocycles. The van der Waals surface area contributed by atoms with Crippen LogP contribution in [0, 0.1) is 0 Å². The van der Waals surface area contributed by atoms with Crippen LogP contribution in [0.15, 0.2) is 47.4 Å². The van der Waals surface area contributed by atoms with Gasteiger partial charge in [0.25, 0.3) is 0 Å². The summed E-state index contributed by atoms with van der Waals surface area (Å²) in [5.74, 6) is -0.467. The highest BCUT2D eigenvalue weighted by atomic mass is 35.5. The molecule has 0 spiro atoms. The molecule has 1 N–H and O–H groups in total. The lowest BCUT2D eigenvalue weighted by Gasteiger charge is -2.18. The normalized spacial score (nSPS) is 17.0. The molecule has 1 amide bonds. The van der Waals surface area contributed by atoms with Gasteiger partial charge in [0, 0.05) is 24.3 Å². The van der Waals surface area contributed by atoms with E-state index in [1.54, 1.807) is 43.3 Å². The summed E-state index contributed by atoms with van der Waals surface area (Å²) in [6.07, 6.45) is 0. The maximum absolute atomic E-state index is 12.8. The highest BCUT2D eigenvalue weighted by Crippen LogP contribution is 2.34. The fraction of sp³-hybridized carbons (Fsp3) is 0.235. The molecule has 2 aromatic carbocycles. The second-order valence-electron chi connectivity index (χ2n) is 5.85. The Morgan fingerprint density at radius 1 is 1.17 bits per heavy atom. The molecular formula is C17H17ClN2O3S. The lowest BCUT2D eigenvalue weighted by molar-refractivity contribution is -0.116. The van der Waals surface area contributed by atoms with E-state index in [-0.39, 0.29) is 23.3 Å². The van der Waals surface area contributed by atoms with Crippen molar-refractivity contribution in [3.8, 4) is 0 Å². The SMILES string of the molecule is C[C@@H]1C(=O)Nc2ccc(S(=O)(=O)N(C)Cc3ccc(Cl)cc3)cc21. The number of benzene rings is 2. The molecule has 24 heavy (non-hydrogen) atoms. The van der Waals surface area contributed by atoms with Crippen molar-refractivity contribution in [2.24, 2.45) is 0 Å². The van der Waals surface area contributed by atoms with Crippen LogP contribution >= 0.6 is 11.6 Å². The van der Waals surface area contributed by atoms with Gasteiger partial charge in [0.1, 0.15) is 0 Å². The largest absolute Gasteiger partial charge is 0.325 e. The molecule has 1 heterocycles. The minimum absolute atomic E-state index is 0.117. The summed E-state index contributed by atoms with van der Waals surface area (Å²) >= 11 is 5.85. The second-order valence-corrected chi connectivity index (χ2v) is 8.33. The number of anilines is 1. The van der Waals surface area contributed by atoms with Crippen LogP contribution in [0.5, 0.6) is 0 Å². The van der Waals surface area contributed by atoms with Crippen molar-refractivity contribution in [2.45, 2.75) is 24.3 Å². The monoisotopic (exact) mass is 364 g/mol. The Morgan fingerprint density at radius 3 is 2.50 bits per heavy atom. The van der Waals surface area contributed by atoms with Crippen LogP contribution in [0.2, 0.25) is 5.02 Å². The van der Waals surface area contributed by atoms with Crippen molar-refractivity contribution in [3.05, 3.63) is 58.6 Å². The number of rotatable bonds is 4. The molecule has 5 nitrogen and oxygen atoms in total. The third kappa shape index (κ3) is 3.05. The van der Waals surface area contributed by atoms with Gasteiger partial charge >= 0.3 is 0 Å². The van der Waals surface area contributed by atoms with E-state index in [0.717, 1.165) is 5.56 Å². The topological polar surface area (TPSA) is 66.5 Å². The quantitative estimate of drug-likeness (QED) is 0.905. The van der Waals surface area contributed by atoms with Crippen LogP contribution in [0.1, 0.15) is 24.0 Å².